The van der Waals surface area contributed by atoms with Crippen LogP contribution < -0.4 is 5.73 Å². The molecule has 0 aliphatic carbocycles. The van der Waals surface area contributed by atoms with Crippen molar-refractivity contribution in [2.45, 2.75) is 45.8 Å². The van der Waals surface area contributed by atoms with Gasteiger partial charge >= 0.3 is 0 Å². The number of likely N-dealkylation sites (tertiary alicyclic amines) is 1. The first kappa shape index (κ1) is 12.9. The van der Waals surface area contributed by atoms with E-state index < -0.39 is 0 Å². The van der Waals surface area contributed by atoms with E-state index in [1.807, 2.05) is 0 Å². The molecule has 0 spiro atoms. The Hall–Kier alpha value is -0.120. The van der Waals surface area contributed by atoms with E-state index in [0.717, 1.165) is 13.1 Å². The molecule has 3 heteroatoms. The van der Waals surface area contributed by atoms with Crippen molar-refractivity contribution in [1.29, 1.82) is 0 Å². The van der Waals surface area contributed by atoms with E-state index in [-0.39, 0.29) is 11.5 Å². The van der Waals surface area contributed by atoms with Crippen molar-refractivity contribution in [2.75, 3.05) is 26.7 Å². The summed E-state index contributed by atoms with van der Waals surface area (Å²) in [5.41, 5.74) is 6.38. The van der Waals surface area contributed by atoms with Crippen molar-refractivity contribution < 1.29 is 4.74 Å². The second-order valence-electron chi connectivity index (χ2n) is 5.73. The van der Waals surface area contributed by atoms with Crippen LogP contribution >= 0.6 is 0 Å². The van der Waals surface area contributed by atoms with Crippen molar-refractivity contribution in [3.05, 3.63) is 0 Å². The van der Waals surface area contributed by atoms with Crippen LogP contribution in [0.5, 0.6) is 0 Å². The monoisotopic (exact) mass is 214 g/mol. The fraction of sp³-hybridized carbons (Fsp3) is 1.00. The van der Waals surface area contributed by atoms with Gasteiger partial charge in [-0.1, -0.05) is 20.8 Å². The summed E-state index contributed by atoms with van der Waals surface area (Å²) in [5, 5.41) is 0. The fourth-order valence-corrected chi connectivity index (χ4v) is 1.92. The summed E-state index contributed by atoms with van der Waals surface area (Å²) < 4.78 is 5.41. The maximum Gasteiger partial charge on any atom is 0.0698 e. The largest absolute Gasteiger partial charge is 0.380 e. The number of piperidine rings is 1. The molecule has 2 unspecified atom stereocenters. The molecule has 1 heterocycles. The maximum atomic E-state index is 6.19. The molecular weight excluding hydrogens is 188 g/mol. The third kappa shape index (κ3) is 4.09. The van der Waals surface area contributed by atoms with E-state index in [4.69, 9.17) is 10.5 Å². The van der Waals surface area contributed by atoms with Gasteiger partial charge in [-0.05, 0) is 24.8 Å². The zero-order valence-electron chi connectivity index (χ0n) is 10.6. The van der Waals surface area contributed by atoms with Crippen LogP contribution in [0.15, 0.2) is 0 Å². The van der Waals surface area contributed by atoms with Crippen molar-refractivity contribution in [3.63, 3.8) is 0 Å². The maximum absolute atomic E-state index is 6.19. The summed E-state index contributed by atoms with van der Waals surface area (Å²) in [5.74, 6) is 0. The van der Waals surface area contributed by atoms with E-state index in [0.29, 0.717) is 6.10 Å². The van der Waals surface area contributed by atoms with Crippen molar-refractivity contribution in [2.24, 2.45) is 11.1 Å². The van der Waals surface area contributed by atoms with Crippen LogP contribution in [-0.4, -0.2) is 43.8 Å². The summed E-state index contributed by atoms with van der Waals surface area (Å²) in [4.78, 5) is 2.44. The highest BCUT2D eigenvalue weighted by Crippen LogP contribution is 2.20. The lowest BCUT2D eigenvalue weighted by atomic mass is 9.87. The third-order valence-electron chi connectivity index (χ3n) is 3.36. The molecule has 0 radical (unpaired) electrons. The molecule has 15 heavy (non-hydrogen) atoms. The molecule has 1 saturated heterocycles. The standard InChI is InChI=1S/C12H26N2O/c1-12(2,3)11(13)9-14-7-5-6-10(8-14)15-4/h10-11H,5-9,13H2,1-4H3. The summed E-state index contributed by atoms with van der Waals surface area (Å²) in [6.45, 7) is 9.81. The molecule has 1 fully saturated rings. The second-order valence-corrected chi connectivity index (χ2v) is 5.73. The molecule has 1 aliphatic heterocycles. The van der Waals surface area contributed by atoms with Gasteiger partial charge in [0.15, 0.2) is 0 Å². The predicted octanol–water partition coefficient (Wildman–Crippen LogP) is 1.47. The molecule has 0 aromatic carbocycles. The first-order valence-corrected chi connectivity index (χ1v) is 5.94. The van der Waals surface area contributed by atoms with Gasteiger partial charge in [-0.25, -0.2) is 0 Å². The number of rotatable bonds is 3. The minimum absolute atomic E-state index is 0.194. The topological polar surface area (TPSA) is 38.5 Å². The van der Waals surface area contributed by atoms with Crippen molar-refractivity contribution >= 4 is 0 Å². The van der Waals surface area contributed by atoms with Crippen LogP contribution in [0.25, 0.3) is 0 Å². The highest BCUT2D eigenvalue weighted by Gasteiger charge is 2.26. The van der Waals surface area contributed by atoms with E-state index in [9.17, 15) is 0 Å². The molecule has 1 aliphatic rings. The van der Waals surface area contributed by atoms with Crippen LogP contribution in [0.2, 0.25) is 0 Å². The highest BCUT2D eigenvalue weighted by atomic mass is 16.5. The van der Waals surface area contributed by atoms with E-state index >= 15 is 0 Å². The van der Waals surface area contributed by atoms with Crippen molar-refractivity contribution in [1.82, 2.24) is 4.90 Å². The number of nitrogens with zero attached hydrogens (tertiary/aromatic N) is 1. The number of nitrogens with two attached hydrogens (primary N) is 1. The van der Waals surface area contributed by atoms with Gasteiger partial charge in [0.2, 0.25) is 0 Å². The Morgan fingerprint density at radius 1 is 1.47 bits per heavy atom. The van der Waals surface area contributed by atoms with Gasteiger partial charge in [0.25, 0.3) is 0 Å². The Balaban J connectivity index is 2.38. The number of methoxy groups -OCH3 is 1. The van der Waals surface area contributed by atoms with Gasteiger partial charge in [0.1, 0.15) is 0 Å². The molecule has 0 aromatic heterocycles. The van der Waals surface area contributed by atoms with Crippen molar-refractivity contribution in [3.8, 4) is 0 Å². The average Bonchev–Trinajstić information content (AvgIpc) is 2.16. The molecule has 2 N–H and O–H groups in total. The number of hydrogen-bond donors (Lipinski definition) is 1. The fourth-order valence-electron chi connectivity index (χ4n) is 1.92. The lowest BCUT2D eigenvalue weighted by molar-refractivity contribution is 0.0251. The normalized spacial score (nSPS) is 26.6. The van der Waals surface area contributed by atoms with Crippen LogP contribution in [-0.2, 0) is 4.74 Å². The first-order valence-electron chi connectivity index (χ1n) is 5.94. The number of hydrogen-bond acceptors (Lipinski definition) is 3. The van der Waals surface area contributed by atoms with Gasteiger partial charge in [-0.2, -0.15) is 0 Å². The van der Waals surface area contributed by atoms with Crippen LogP contribution in [0.3, 0.4) is 0 Å². The molecule has 2 atom stereocenters. The zero-order valence-corrected chi connectivity index (χ0v) is 10.6. The van der Waals surface area contributed by atoms with Gasteiger partial charge in [-0.3, -0.25) is 4.90 Å². The van der Waals surface area contributed by atoms with Crippen LogP contribution in [0, 0.1) is 5.41 Å². The Morgan fingerprint density at radius 3 is 2.67 bits per heavy atom. The lowest BCUT2D eigenvalue weighted by Crippen LogP contribution is -2.49. The minimum atomic E-state index is 0.194. The van der Waals surface area contributed by atoms with E-state index in [1.165, 1.54) is 19.4 Å². The van der Waals surface area contributed by atoms with E-state index in [1.54, 1.807) is 7.11 Å². The summed E-state index contributed by atoms with van der Waals surface area (Å²) in [6.07, 6.45) is 2.83. The Kier molecular flexibility index (Phi) is 4.56. The predicted molar refractivity (Wildman–Crippen MR) is 63.9 cm³/mol. The molecule has 1 rings (SSSR count). The molecule has 90 valence electrons. The summed E-state index contributed by atoms with van der Waals surface area (Å²) >= 11 is 0. The van der Waals surface area contributed by atoms with Gasteiger partial charge in [-0.15, -0.1) is 0 Å². The average molecular weight is 214 g/mol. The quantitative estimate of drug-likeness (QED) is 0.773. The third-order valence-corrected chi connectivity index (χ3v) is 3.36. The SMILES string of the molecule is COC1CCCN(CC(N)C(C)(C)C)C1. The summed E-state index contributed by atoms with van der Waals surface area (Å²) in [7, 11) is 1.80. The molecule has 0 saturated carbocycles. The zero-order chi connectivity index (χ0) is 11.5. The minimum Gasteiger partial charge on any atom is -0.380 e. The van der Waals surface area contributed by atoms with Crippen LogP contribution in [0.1, 0.15) is 33.6 Å². The first-order chi connectivity index (χ1) is 6.93. The highest BCUT2D eigenvalue weighted by molar-refractivity contribution is 4.83. The molecule has 0 aromatic rings. The van der Waals surface area contributed by atoms with Gasteiger partial charge in [0, 0.05) is 26.2 Å². The van der Waals surface area contributed by atoms with E-state index in [2.05, 4.69) is 25.7 Å². The molecule has 0 amide bonds. The Morgan fingerprint density at radius 2 is 2.13 bits per heavy atom. The lowest BCUT2D eigenvalue weighted by Gasteiger charge is -2.37. The number of ether oxygens (including phenoxy) is 1. The molecular formula is C12H26N2O. The Labute approximate surface area is 94.0 Å². The summed E-state index contributed by atoms with van der Waals surface area (Å²) in [6, 6.07) is 0.244. The molecule has 0 bridgehead atoms. The second kappa shape index (κ2) is 5.28. The smallest absolute Gasteiger partial charge is 0.0698 e. The Bertz CT molecular complexity index is 189. The van der Waals surface area contributed by atoms with Gasteiger partial charge in [0.05, 0.1) is 6.10 Å². The molecule has 3 nitrogen and oxygen atoms in total. The van der Waals surface area contributed by atoms with Gasteiger partial charge < -0.3 is 10.5 Å². The van der Waals surface area contributed by atoms with Crippen LogP contribution in [0.4, 0.5) is 0 Å².